The van der Waals surface area contributed by atoms with Crippen LogP contribution in [0.2, 0.25) is 5.02 Å². The van der Waals surface area contributed by atoms with Gasteiger partial charge in [-0.3, -0.25) is 4.57 Å². The zero-order chi connectivity index (χ0) is 14.3. The van der Waals surface area contributed by atoms with E-state index in [2.05, 4.69) is 44.3 Å². The number of nitrogens with zero attached hydrogens (tertiary/aromatic N) is 2. The molecule has 5 heteroatoms. The summed E-state index contributed by atoms with van der Waals surface area (Å²) in [6.45, 7) is 1.93. The molecule has 0 radical (unpaired) electrons. The van der Waals surface area contributed by atoms with Crippen LogP contribution in [0.25, 0.3) is 16.7 Å². The van der Waals surface area contributed by atoms with Crippen LogP contribution >= 0.6 is 45.8 Å². The SMILES string of the molecule is CC(Cl)c1nc2cc(Cl)ccc2n1-c1ccccc1I. The Balaban J connectivity index is 2.38. The Morgan fingerprint density at radius 2 is 1.95 bits per heavy atom. The Labute approximate surface area is 140 Å². The largest absolute Gasteiger partial charge is 0.294 e. The van der Waals surface area contributed by atoms with Crippen molar-refractivity contribution in [2.24, 2.45) is 0 Å². The van der Waals surface area contributed by atoms with E-state index in [0.29, 0.717) is 5.02 Å². The van der Waals surface area contributed by atoms with Gasteiger partial charge in [0.1, 0.15) is 5.82 Å². The first-order valence-corrected chi connectivity index (χ1v) is 8.04. The maximum atomic E-state index is 6.30. The molecule has 1 aromatic heterocycles. The van der Waals surface area contributed by atoms with Crippen molar-refractivity contribution in [3.05, 3.63) is 56.9 Å². The lowest BCUT2D eigenvalue weighted by Crippen LogP contribution is -2.03. The van der Waals surface area contributed by atoms with Crippen LogP contribution in [0.15, 0.2) is 42.5 Å². The summed E-state index contributed by atoms with van der Waals surface area (Å²) >= 11 is 14.7. The topological polar surface area (TPSA) is 17.8 Å². The first-order chi connectivity index (χ1) is 9.58. The predicted molar refractivity (Wildman–Crippen MR) is 93.1 cm³/mol. The normalized spacial score (nSPS) is 12.8. The highest BCUT2D eigenvalue weighted by molar-refractivity contribution is 14.1. The fourth-order valence-corrected chi connectivity index (χ4v) is 3.17. The molecule has 3 aromatic rings. The summed E-state index contributed by atoms with van der Waals surface area (Å²) in [6, 6.07) is 13.9. The molecule has 1 atom stereocenters. The third-order valence-corrected chi connectivity index (χ3v) is 4.43. The molecule has 1 unspecified atom stereocenters. The molecule has 2 aromatic carbocycles. The first kappa shape index (κ1) is 14.2. The molecule has 0 fully saturated rings. The molecule has 0 N–H and O–H groups in total. The maximum absolute atomic E-state index is 6.30. The van der Waals surface area contributed by atoms with Crippen LogP contribution in [0.4, 0.5) is 0 Å². The van der Waals surface area contributed by atoms with Crippen molar-refractivity contribution in [1.29, 1.82) is 0 Å². The number of aromatic nitrogens is 2. The second kappa shape index (κ2) is 5.54. The van der Waals surface area contributed by atoms with Gasteiger partial charge in [-0.1, -0.05) is 23.7 Å². The average Bonchev–Trinajstić information content (AvgIpc) is 2.78. The fraction of sp³-hybridized carbons (Fsp3) is 0.133. The van der Waals surface area contributed by atoms with Gasteiger partial charge in [-0.15, -0.1) is 11.6 Å². The third-order valence-electron chi connectivity index (χ3n) is 3.09. The second-order valence-electron chi connectivity index (χ2n) is 4.51. The van der Waals surface area contributed by atoms with Crippen LogP contribution in [0.5, 0.6) is 0 Å². The molecule has 0 bridgehead atoms. The Hall–Kier alpha value is -0.780. The van der Waals surface area contributed by atoms with Gasteiger partial charge < -0.3 is 0 Å². The molecule has 0 aliphatic carbocycles. The lowest BCUT2D eigenvalue weighted by atomic mass is 10.2. The van der Waals surface area contributed by atoms with Gasteiger partial charge in [0.25, 0.3) is 0 Å². The van der Waals surface area contributed by atoms with Crippen LogP contribution in [-0.2, 0) is 0 Å². The van der Waals surface area contributed by atoms with Gasteiger partial charge in [0.2, 0.25) is 0 Å². The van der Waals surface area contributed by atoms with Crippen molar-refractivity contribution in [2.45, 2.75) is 12.3 Å². The van der Waals surface area contributed by atoms with Crippen molar-refractivity contribution in [2.75, 3.05) is 0 Å². The van der Waals surface area contributed by atoms with E-state index in [-0.39, 0.29) is 5.38 Å². The molecular weight excluding hydrogens is 406 g/mol. The summed E-state index contributed by atoms with van der Waals surface area (Å²) < 4.78 is 3.25. The number of alkyl halides is 1. The number of para-hydroxylation sites is 1. The van der Waals surface area contributed by atoms with E-state index >= 15 is 0 Å². The Kier molecular flexibility index (Phi) is 3.93. The number of rotatable bonds is 2. The molecule has 0 aliphatic heterocycles. The molecule has 2 nitrogen and oxygen atoms in total. The highest BCUT2D eigenvalue weighted by atomic mass is 127. The molecule has 1 heterocycles. The van der Waals surface area contributed by atoms with Crippen LogP contribution in [-0.4, -0.2) is 9.55 Å². The monoisotopic (exact) mass is 416 g/mol. The highest BCUT2D eigenvalue weighted by Gasteiger charge is 2.17. The Morgan fingerprint density at radius 1 is 1.20 bits per heavy atom. The van der Waals surface area contributed by atoms with Crippen LogP contribution in [0.3, 0.4) is 0 Å². The number of hydrogen-bond acceptors (Lipinski definition) is 1. The van der Waals surface area contributed by atoms with Crippen LogP contribution in [0, 0.1) is 3.57 Å². The van der Waals surface area contributed by atoms with Gasteiger partial charge in [-0.05, 0) is 59.8 Å². The summed E-state index contributed by atoms with van der Waals surface area (Å²) in [7, 11) is 0. The van der Waals surface area contributed by atoms with Crippen LogP contribution in [0.1, 0.15) is 18.1 Å². The standard InChI is InChI=1S/C15H11Cl2IN2/c1-9(16)15-19-12-8-10(17)6-7-14(12)20(15)13-5-3-2-4-11(13)18/h2-9H,1H3. The molecule has 0 amide bonds. The number of fused-ring (bicyclic) bond motifs is 1. The van der Waals surface area contributed by atoms with Crippen molar-refractivity contribution in [3.63, 3.8) is 0 Å². The summed E-state index contributed by atoms with van der Waals surface area (Å²) in [5.41, 5.74) is 2.96. The Bertz CT molecular complexity index is 781. The molecule has 3 rings (SSSR count). The van der Waals surface area contributed by atoms with Gasteiger partial charge in [0, 0.05) is 8.59 Å². The van der Waals surface area contributed by atoms with Crippen molar-refractivity contribution in [3.8, 4) is 5.69 Å². The molecule has 0 saturated heterocycles. The van der Waals surface area contributed by atoms with Crippen molar-refractivity contribution in [1.82, 2.24) is 9.55 Å². The van der Waals surface area contributed by atoms with Gasteiger partial charge >= 0.3 is 0 Å². The lowest BCUT2D eigenvalue weighted by Gasteiger charge is -2.12. The van der Waals surface area contributed by atoms with E-state index in [0.717, 1.165) is 26.1 Å². The van der Waals surface area contributed by atoms with Crippen molar-refractivity contribution >= 4 is 56.8 Å². The third kappa shape index (κ3) is 2.43. The minimum atomic E-state index is -0.183. The van der Waals surface area contributed by atoms with E-state index < -0.39 is 0 Å². The van der Waals surface area contributed by atoms with Gasteiger partial charge in [-0.2, -0.15) is 0 Å². The zero-order valence-electron chi connectivity index (χ0n) is 10.6. The van der Waals surface area contributed by atoms with E-state index in [4.69, 9.17) is 23.2 Å². The number of hydrogen-bond donors (Lipinski definition) is 0. The van der Waals surface area contributed by atoms with E-state index in [1.54, 1.807) is 0 Å². The average molecular weight is 417 g/mol. The minimum Gasteiger partial charge on any atom is -0.294 e. The number of halogens is 3. The molecule has 0 saturated carbocycles. The number of imidazole rings is 1. The summed E-state index contributed by atoms with van der Waals surface area (Å²) in [4.78, 5) is 4.63. The van der Waals surface area contributed by atoms with Gasteiger partial charge in [-0.25, -0.2) is 4.98 Å². The van der Waals surface area contributed by atoms with Gasteiger partial charge in [0.05, 0.1) is 22.1 Å². The van der Waals surface area contributed by atoms with Crippen LogP contribution < -0.4 is 0 Å². The predicted octanol–water partition coefficient (Wildman–Crippen LogP) is 5.58. The van der Waals surface area contributed by atoms with Crippen molar-refractivity contribution < 1.29 is 0 Å². The first-order valence-electron chi connectivity index (χ1n) is 6.15. The molecule has 102 valence electrons. The summed E-state index contributed by atoms with van der Waals surface area (Å²) in [6.07, 6.45) is 0. The quantitative estimate of drug-likeness (QED) is 0.393. The molecule has 20 heavy (non-hydrogen) atoms. The van der Waals surface area contributed by atoms with E-state index in [1.807, 2.05) is 37.3 Å². The lowest BCUT2D eigenvalue weighted by molar-refractivity contribution is 0.880. The van der Waals surface area contributed by atoms with Gasteiger partial charge in [0.15, 0.2) is 0 Å². The maximum Gasteiger partial charge on any atom is 0.132 e. The number of benzene rings is 2. The second-order valence-corrected chi connectivity index (χ2v) is 6.76. The molecule has 0 spiro atoms. The zero-order valence-corrected chi connectivity index (χ0v) is 14.3. The molecular formula is C15H11Cl2IN2. The van der Waals surface area contributed by atoms with E-state index in [9.17, 15) is 0 Å². The molecule has 0 aliphatic rings. The Morgan fingerprint density at radius 3 is 2.65 bits per heavy atom. The summed E-state index contributed by atoms with van der Waals surface area (Å²) in [5, 5.41) is 0.496. The highest BCUT2D eigenvalue weighted by Crippen LogP contribution is 2.31. The van der Waals surface area contributed by atoms with E-state index in [1.165, 1.54) is 0 Å². The minimum absolute atomic E-state index is 0.183. The summed E-state index contributed by atoms with van der Waals surface area (Å²) in [5.74, 6) is 0.827. The fourth-order valence-electron chi connectivity index (χ4n) is 2.23. The smallest absolute Gasteiger partial charge is 0.132 e.